The molecular weight excluding hydrogens is 1460 g/mol. The van der Waals surface area contributed by atoms with E-state index in [2.05, 4.69) is 64.1 Å². The molecule has 3 N–H and O–H groups in total. The van der Waals surface area contributed by atoms with Crippen molar-refractivity contribution in [3.8, 4) is 24.0 Å². The molecule has 1 unspecified atom stereocenters. The minimum atomic E-state index is -0.451. The average molecular weight is 1550 g/mol. The fourth-order valence-electron chi connectivity index (χ4n) is 16.3. The Balaban J connectivity index is 0.000000149. The molecule has 6 fully saturated rings. The first kappa shape index (κ1) is 80.3. The van der Waals surface area contributed by atoms with E-state index >= 15 is 0 Å². The zero-order valence-electron chi connectivity index (χ0n) is 65.0. The van der Waals surface area contributed by atoms with Crippen molar-refractivity contribution in [1.29, 1.82) is 15.8 Å². The lowest BCUT2D eigenvalue weighted by molar-refractivity contribution is -0.131. The van der Waals surface area contributed by atoms with Gasteiger partial charge < -0.3 is 33.6 Å². The van der Waals surface area contributed by atoms with Crippen molar-refractivity contribution in [3.05, 3.63) is 133 Å². The molecule has 31 heteroatoms. The molecule has 15 rings (SSSR count). The number of carbonyl (C=O) groups excluding carboxylic acids is 9. The van der Waals surface area contributed by atoms with Gasteiger partial charge >= 0.3 is 18.1 Å². The largest absolute Gasteiger partial charge is 0.486 e. The molecule has 12 heterocycles. The molecule has 594 valence electrons. The Morgan fingerprint density at radius 3 is 1.06 bits per heavy atom. The predicted molar refractivity (Wildman–Crippen MR) is 416 cm³/mol. The van der Waals surface area contributed by atoms with Crippen molar-refractivity contribution < 1.29 is 62.1 Å². The predicted octanol–water partition coefficient (Wildman–Crippen LogP) is 10.0. The number of anilines is 6. The molecule has 3 saturated carbocycles. The van der Waals surface area contributed by atoms with Crippen LogP contribution in [0.2, 0.25) is 0 Å². The van der Waals surface area contributed by atoms with E-state index in [0.717, 1.165) is 118 Å². The normalized spacial score (nSPS) is 22.4. The first-order valence-electron chi connectivity index (χ1n) is 39.2. The van der Waals surface area contributed by atoms with Gasteiger partial charge in [-0.15, -0.1) is 0 Å². The van der Waals surface area contributed by atoms with Crippen LogP contribution in [0.4, 0.5) is 49.3 Å². The van der Waals surface area contributed by atoms with Crippen molar-refractivity contribution in [1.82, 2.24) is 44.6 Å². The number of likely N-dealkylation sites (tertiary alicyclic amines) is 3. The summed E-state index contributed by atoms with van der Waals surface area (Å²) in [4.78, 5) is 149. The summed E-state index contributed by atoms with van der Waals surface area (Å²) in [5.41, 5.74) is 8.29. The Labute approximate surface area is 661 Å². The second-order valence-electron chi connectivity index (χ2n) is 30.8. The highest BCUT2D eigenvalue weighted by Gasteiger charge is 2.39. The Morgan fingerprint density at radius 1 is 0.439 bits per heavy atom. The lowest BCUT2D eigenvalue weighted by Gasteiger charge is -2.35. The van der Waals surface area contributed by atoms with Gasteiger partial charge in [-0.05, 0) is 179 Å². The van der Waals surface area contributed by atoms with E-state index in [-0.39, 0.29) is 88.4 Å². The average Bonchev–Trinajstić information content (AvgIpc) is 1.06. The number of nitrogens with one attached hydrogen (secondary N) is 3. The van der Waals surface area contributed by atoms with Gasteiger partial charge in [-0.25, -0.2) is 44.3 Å². The molecule has 6 aromatic rings. The smallest absolute Gasteiger partial charge is 0.328 e. The molecule has 9 atom stereocenters. The lowest BCUT2D eigenvalue weighted by atomic mass is 9.77. The molecule has 9 amide bonds. The fourth-order valence-corrected chi connectivity index (χ4v) is 16.3. The number of aryl methyl sites for hydroxylation is 3. The Hall–Kier alpha value is -11.7. The van der Waals surface area contributed by atoms with Gasteiger partial charge in [0.25, 0.3) is 0 Å². The minimum absolute atomic E-state index is 0.00840. The molecule has 3 aliphatic carbocycles. The maximum Gasteiger partial charge on any atom is 0.328 e. The quantitative estimate of drug-likeness (QED) is 0.0564. The van der Waals surface area contributed by atoms with Crippen LogP contribution in [-0.4, -0.2) is 184 Å². The van der Waals surface area contributed by atoms with Crippen molar-refractivity contribution in [2.75, 3.05) is 91.2 Å². The highest BCUT2D eigenvalue weighted by atomic mass is 16.5. The number of nitrogens with zero attached hydrogens (tertiary/aromatic N) is 15. The number of aldehydes is 3. The number of ether oxygens (including phenoxy) is 4. The number of amides is 9. The SMILES string of the molecule is CO[C@@H]1CC[C@H]1Cc1cc(NC(=O)N2CCCc3cc(CN4CC[C@H](C)C4=O)c(C=O)nc32)ncc1C#N.CO[C@H]1CC[C@@H]1Cc1cc(NC(=O)N2CCCc3cc(CN4CC[C@H](C)C4=O)c(C=O)nc32)ncc1C#N.CO[C@H]1CC[C@@H]1Oc1cc(NC(=O)N2CCCc3cc(CN4CCC(C)C4=O)c(C=O)nc32)ncc1C#N. The Kier molecular flexibility index (Phi) is 25.3. The van der Waals surface area contributed by atoms with Gasteiger partial charge in [0, 0.05) is 133 Å². The summed E-state index contributed by atoms with van der Waals surface area (Å²) in [6.45, 7) is 10.0. The Bertz CT molecular complexity index is 4380. The topological polar surface area (TPSA) is 395 Å². The number of hydrogen-bond acceptors (Lipinski definition) is 22. The lowest BCUT2D eigenvalue weighted by Crippen LogP contribution is -2.42. The molecule has 6 aromatic heterocycles. The summed E-state index contributed by atoms with van der Waals surface area (Å²) in [5, 5.41) is 37.0. The summed E-state index contributed by atoms with van der Waals surface area (Å²) in [7, 11) is 5.03. The van der Waals surface area contributed by atoms with Gasteiger partial charge in [0.05, 0.1) is 35.6 Å². The Morgan fingerprint density at radius 2 is 0.772 bits per heavy atom. The number of rotatable bonds is 21. The summed E-state index contributed by atoms with van der Waals surface area (Å²) >= 11 is 0. The van der Waals surface area contributed by atoms with Crippen LogP contribution in [0.5, 0.6) is 5.75 Å². The third-order valence-corrected chi connectivity index (χ3v) is 23.6. The minimum Gasteiger partial charge on any atom is -0.486 e. The highest BCUT2D eigenvalue weighted by Crippen LogP contribution is 2.39. The summed E-state index contributed by atoms with van der Waals surface area (Å²) in [6.07, 6.45) is 20.5. The van der Waals surface area contributed by atoms with Crippen LogP contribution in [0, 0.1) is 63.6 Å². The second-order valence-corrected chi connectivity index (χ2v) is 30.8. The number of nitriles is 3. The molecule has 3 saturated heterocycles. The van der Waals surface area contributed by atoms with Gasteiger partial charge in [-0.2, -0.15) is 15.8 Å². The maximum atomic E-state index is 13.3. The van der Waals surface area contributed by atoms with Crippen LogP contribution in [-0.2, 0) is 80.3 Å². The van der Waals surface area contributed by atoms with Crippen LogP contribution >= 0.6 is 0 Å². The first-order chi connectivity index (χ1) is 55.2. The molecular formula is C83H94N18O13. The van der Waals surface area contributed by atoms with E-state index in [1.54, 1.807) is 48.2 Å². The molecule has 0 radical (unpaired) electrons. The van der Waals surface area contributed by atoms with E-state index in [9.17, 15) is 58.9 Å². The molecule has 6 aliphatic heterocycles. The third-order valence-electron chi connectivity index (χ3n) is 23.6. The van der Waals surface area contributed by atoms with Crippen LogP contribution in [0.15, 0.2) is 55.0 Å². The van der Waals surface area contributed by atoms with E-state index in [1.807, 2.05) is 39.0 Å². The van der Waals surface area contributed by atoms with E-state index in [1.165, 1.54) is 39.4 Å². The van der Waals surface area contributed by atoms with Crippen LogP contribution in [0.25, 0.3) is 0 Å². The number of aromatic nitrogens is 6. The monoisotopic (exact) mass is 1550 g/mol. The van der Waals surface area contributed by atoms with Gasteiger partial charge in [0.2, 0.25) is 17.7 Å². The van der Waals surface area contributed by atoms with Gasteiger partial charge in [0.1, 0.15) is 87.6 Å². The number of carbonyl (C=O) groups is 9. The summed E-state index contributed by atoms with van der Waals surface area (Å²) in [5.74, 6) is 3.51. The van der Waals surface area contributed by atoms with Crippen molar-refractivity contribution >= 4 is 89.6 Å². The van der Waals surface area contributed by atoms with Crippen LogP contribution in [0.3, 0.4) is 0 Å². The zero-order chi connectivity index (χ0) is 80.4. The third kappa shape index (κ3) is 17.6. The highest BCUT2D eigenvalue weighted by molar-refractivity contribution is 6.04. The van der Waals surface area contributed by atoms with Crippen molar-refractivity contribution in [3.63, 3.8) is 0 Å². The van der Waals surface area contributed by atoms with E-state index in [4.69, 9.17) is 18.9 Å². The molecule has 31 nitrogen and oxygen atoms in total. The zero-order valence-corrected chi connectivity index (χ0v) is 65.0. The summed E-state index contributed by atoms with van der Waals surface area (Å²) in [6, 6.07) is 16.0. The van der Waals surface area contributed by atoms with Gasteiger partial charge in [-0.1, -0.05) is 20.8 Å². The molecule has 114 heavy (non-hydrogen) atoms. The number of fused-ring (bicyclic) bond motifs is 3. The van der Waals surface area contributed by atoms with Crippen molar-refractivity contribution in [2.24, 2.45) is 29.6 Å². The molecule has 9 aliphatic rings. The van der Waals surface area contributed by atoms with Gasteiger partial charge in [-0.3, -0.25) is 59.4 Å². The number of pyridine rings is 6. The number of hydrogen-bond donors (Lipinski definition) is 3. The standard InChI is InChI=1S/2C28H32N6O4.C27H30N6O5/c2*1-17-7-9-33(27(17)36)15-21-11-19-4-3-8-34(26(19)31-23(21)16-35)28(37)32-25-12-20(22(13-29)14-30-25)10-18-5-6-24(18)38-2;1-16-7-9-32(26(16)35)14-18-10-17-4-3-8-33(25(17)30-20(18)15-34)27(36)31-24-11-23(19(12-28)13-29-24)38-22-6-5-21(22)37-2/h2*11-12,14,16-18,24H,3-10,15H2,1-2H3,(H,30,32,37);10-11,13,15-16,21-22H,3-9,14H2,1-2H3,(H,29,31,36)/t17-,18+,24-;17-,18-,24+;16?,21-,22-/m000/s1. The molecule has 0 spiro atoms. The van der Waals surface area contributed by atoms with Crippen molar-refractivity contribution in [2.45, 2.75) is 174 Å². The molecule has 0 bridgehead atoms. The van der Waals surface area contributed by atoms with E-state index < -0.39 is 18.1 Å². The molecule has 0 aromatic carbocycles. The van der Waals surface area contributed by atoms with Crippen LogP contribution in [0.1, 0.15) is 190 Å². The first-order valence-corrected chi connectivity index (χ1v) is 39.2. The van der Waals surface area contributed by atoms with E-state index in [0.29, 0.717) is 172 Å². The van der Waals surface area contributed by atoms with Crippen LogP contribution < -0.4 is 35.4 Å². The number of methoxy groups -OCH3 is 3. The number of urea groups is 3. The fraction of sp³-hybridized carbons (Fsp3) is 0.494. The second kappa shape index (κ2) is 36.0. The summed E-state index contributed by atoms with van der Waals surface area (Å²) < 4.78 is 22.4. The van der Waals surface area contributed by atoms with Gasteiger partial charge in [0.15, 0.2) is 18.9 Å². The maximum absolute atomic E-state index is 13.3.